The van der Waals surface area contributed by atoms with Crippen molar-refractivity contribution in [1.82, 2.24) is 5.32 Å². The largest absolute Gasteiger partial charge is 0.340 e. The molecule has 2 rings (SSSR count). The summed E-state index contributed by atoms with van der Waals surface area (Å²) in [5, 5.41) is 3.04. The number of carbonyl (C=O) groups excluding carboxylic acids is 1. The van der Waals surface area contributed by atoms with Gasteiger partial charge in [-0.25, -0.2) is 14.1 Å². The molecule has 1 aromatic carbocycles. The van der Waals surface area contributed by atoms with Crippen molar-refractivity contribution in [2.45, 2.75) is 18.6 Å². The number of hydrogen-bond donors (Lipinski definition) is 1. The normalized spacial score (nSPS) is 16.9. The zero-order valence-electron chi connectivity index (χ0n) is 11.1. The van der Waals surface area contributed by atoms with Gasteiger partial charge in [0, 0.05) is 11.8 Å². The minimum Gasteiger partial charge on any atom is -0.340 e. The number of thioether (sulfide) groups is 1. The standard InChI is InChI=1S/C13H16FN3OS/c1-13(2)8-16-12(19-13)17(11(18)15-3)10-7-5-4-6-9(10)14/h4-7H,8H2,1-3H3,(H,15,18). The quantitative estimate of drug-likeness (QED) is 0.860. The highest BCUT2D eigenvalue weighted by Crippen LogP contribution is 2.35. The Morgan fingerprint density at radius 2 is 2.16 bits per heavy atom. The van der Waals surface area contributed by atoms with Crippen LogP contribution in [0.1, 0.15) is 13.8 Å². The molecule has 102 valence electrons. The average molecular weight is 281 g/mol. The van der Waals surface area contributed by atoms with E-state index in [2.05, 4.69) is 10.3 Å². The summed E-state index contributed by atoms with van der Waals surface area (Å²) in [6, 6.07) is 5.79. The number of amidine groups is 1. The van der Waals surface area contributed by atoms with Crippen molar-refractivity contribution >= 4 is 28.6 Å². The SMILES string of the molecule is CNC(=O)N(C1=NCC(C)(C)S1)c1ccccc1F. The Labute approximate surface area is 116 Å². The summed E-state index contributed by atoms with van der Waals surface area (Å²) >= 11 is 1.47. The number of amides is 2. The van der Waals surface area contributed by atoms with Crippen LogP contribution in [-0.4, -0.2) is 29.5 Å². The van der Waals surface area contributed by atoms with E-state index < -0.39 is 11.8 Å². The molecule has 0 atom stereocenters. The fourth-order valence-corrected chi connectivity index (χ4v) is 2.76. The van der Waals surface area contributed by atoms with Gasteiger partial charge in [0.25, 0.3) is 0 Å². The number of nitrogens with zero attached hydrogens (tertiary/aromatic N) is 2. The molecule has 4 nitrogen and oxygen atoms in total. The monoisotopic (exact) mass is 281 g/mol. The summed E-state index contributed by atoms with van der Waals surface area (Å²) in [5.74, 6) is -0.445. The van der Waals surface area contributed by atoms with E-state index in [9.17, 15) is 9.18 Å². The highest BCUT2D eigenvalue weighted by Gasteiger charge is 2.34. The molecule has 0 saturated heterocycles. The number of nitrogens with one attached hydrogen (secondary N) is 1. The number of rotatable bonds is 1. The lowest BCUT2D eigenvalue weighted by Crippen LogP contribution is -2.41. The Kier molecular flexibility index (Phi) is 3.80. The zero-order valence-corrected chi connectivity index (χ0v) is 11.9. The van der Waals surface area contributed by atoms with E-state index in [-0.39, 0.29) is 10.4 Å². The lowest BCUT2D eigenvalue weighted by Gasteiger charge is -2.23. The van der Waals surface area contributed by atoms with Gasteiger partial charge in [-0.15, -0.1) is 0 Å². The summed E-state index contributed by atoms with van der Waals surface area (Å²) in [5.41, 5.74) is 0.214. The van der Waals surface area contributed by atoms with E-state index in [4.69, 9.17) is 0 Å². The van der Waals surface area contributed by atoms with E-state index in [0.29, 0.717) is 11.7 Å². The first kappa shape index (κ1) is 13.9. The maximum absolute atomic E-state index is 13.9. The van der Waals surface area contributed by atoms with Crippen molar-refractivity contribution < 1.29 is 9.18 Å². The Morgan fingerprint density at radius 1 is 1.47 bits per heavy atom. The summed E-state index contributed by atoms with van der Waals surface area (Å²) in [6.45, 7) is 4.68. The second kappa shape index (κ2) is 5.21. The van der Waals surface area contributed by atoms with Crippen molar-refractivity contribution in [2.75, 3.05) is 18.5 Å². The molecule has 1 aliphatic rings. The number of hydrogen-bond acceptors (Lipinski definition) is 3. The first-order valence-corrected chi connectivity index (χ1v) is 6.76. The molecule has 0 fully saturated rings. The van der Waals surface area contributed by atoms with Crippen LogP contribution in [0.5, 0.6) is 0 Å². The molecule has 1 aromatic rings. The van der Waals surface area contributed by atoms with Crippen molar-refractivity contribution in [3.8, 4) is 0 Å². The van der Waals surface area contributed by atoms with Gasteiger partial charge in [0.2, 0.25) is 0 Å². The van der Waals surface area contributed by atoms with Gasteiger partial charge in [0.15, 0.2) is 5.17 Å². The number of para-hydroxylation sites is 1. The molecule has 1 aliphatic heterocycles. The summed E-state index contributed by atoms with van der Waals surface area (Å²) in [4.78, 5) is 17.7. The Balaban J connectivity index is 2.39. The van der Waals surface area contributed by atoms with Crippen LogP contribution in [0.3, 0.4) is 0 Å². The lowest BCUT2D eigenvalue weighted by atomic mass is 10.2. The van der Waals surface area contributed by atoms with Gasteiger partial charge in [0.05, 0.1) is 12.2 Å². The maximum atomic E-state index is 13.9. The van der Waals surface area contributed by atoms with Crippen molar-refractivity contribution in [3.63, 3.8) is 0 Å². The molecule has 0 bridgehead atoms. The third-order valence-corrected chi connectivity index (χ3v) is 3.84. The van der Waals surface area contributed by atoms with Crippen LogP contribution in [0.25, 0.3) is 0 Å². The third-order valence-electron chi connectivity index (χ3n) is 2.66. The molecular weight excluding hydrogens is 265 g/mol. The highest BCUT2D eigenvalue weighted by atomic mass is 32.2. The first-order valence-electron chi connectivity index (χ1n) is 5.94. The van der Waals surface area contributed by atoms with Crippen molar-refractivity contribution in [2.24, 2.45) is 4.99 Å². The maximum Gasteiger partial charge on any atom is 0.327 e. The van der Waals surface area contributed by atoms with Crippen LogP contribution in [0.15, 0.2) is 29.3 Å². The van der Waals surface area contributed by atoms with Gasteiger partial charge in [0.1, 0.15) is 5.82 Å². The van der Waals surface area contributed by atoms with Gasteiger partial charge < -0.3 is 5.32 Å². The number of anilines is 1. The van der Waals surface area contributed by atoms with Crippen LogP contribution in [0, 0.1) is 5.82 Å². The molecule has 0 aliphatic carbocycles. The summed E-state index contributed by atoms with van der Waals surface area (Å²) < 4.78 is 13.8. The van der Waals surface area contributed by atoms with Gasteiger partial charge in [-0.3, -0.25) is 4.99 Å². The predicted octanol–water partition coefficient (Wildman–Crippen LogP) is 2.85. The minimum absolute atomic E-state index is 0.0765. The van der Waals surface area contributed by atoms with Crippen LogP contribution in [0.4, 0.5) is 14.9 Å². The van der Waals surface area contributed by atoms with Crippen LogP contribution in [-0.2, 0) is 0 Å². The lowest BCUT2D eigenvalue weighted by molar-refractivity contribution is 0.251. The van der Waals surface area contributed by atoms with E-state index in [1.54, 1.807) is 18.2 Å². The topological polar surface area (TPSA) is 44.7 Å². The third kappa shape index (κ3) is 2.89. The van der Waals surface area contributed by atoms with E-state index in [0.717, 1.165) is 0 Å². The fraction of sp³-hybridized carbons (Fsp3) is 0.385. The molecule has 6 heteroatoms. The van der Waals surface area contributed by atoms with Gasteiger partial charge in [-0.1, -0.05) is 23.9 Å². The highest BCUT2D eigenvalue weighted by molar-refractivity contribution is 8.15. The van der Waals surface area contributed by atoms with Crippen LogP contribution in [0.2, 0.25) is 0 Å². The average Bonchev–Trinajstić information content (AvgIpc) is 2.72. The Morgan fingerprint density at radius 3 is 2.68 bits per heavy atom. The molecular formula is C13H16FN3OS. The van der Waals surface area contributed by atoms with Gasteiger partial charge in [-0.05, 0) is 26.0 Å². The Bertz CT molecular complexity index is 530. The van der Waals surface area contributed by atoms with Gasteiger partial charge >= 0.3 is 6.03 Å². The predicted molar refractivity (Wildman–Crippen MR) is 77.3 cm³/mol. The first-order chi connectivity index (χ1) is 8.94. The summed E-state index contributed by atoms with van der Waals surface area (Å²) in [7, 11) is 1.52. The molecule has 0 aromatic heterocycles. The number of carbonyl (C=O) groups is 1. The molecule has 1 N–H and O–H groups in total. The minimum atomic E-state index is -0.445. The molecule has 0 spiro atoms. The second-order valence-corrected chi connectivity index (χ2v) is 6.48. The summed E-state index contributed by atoms with van der Waals surface area (Å²) in [6.07, 6.45) is 0. The fourth-order valence-electron chi connectivity index (χ4n) is 1.73. The molecule has 19 heavy (non-hydrogen) atoms. The molecule has 1 heterocycles. The number of benzene rings is 1. The van der Waals surface area contributed by atoms with Gasteiger partial charge in [-0.2, -0.15) is 0 Å². The second-order valence-electron chi connectivity index (χ2n) is 4.80. The number of urea groups is 1. The van der Waals surface area contributed by atoms with Crippen molar-refractivity contribution in [1.29, 1.82) is 0 Å². The molecule has 0 saturated carbocycles. The molecule has 0 radical (unpaired) electrons. The molecule has 2 amide bonds. The van der Waals surface area contributed by atoms with Crippen LogP contribution < -0.4 is 10.2 Å². The number of halogens is 1. The number of aliphatic imine (C=N–C) groups is 1. The van der Waals surface area contributed by atoms with Crippen LogP contribution >= 0.6 is 11.8 Å². The van der Waals surface area contributed by atoms with Crippen molar-refractivity contribution in [3.05, 3.63) is 30.1 Å². The van der Waals surface area contributed by atoms with E-state index >= 15 is 0 Å². The van der Waals surface area contributed by atoms with E-state index in [1.807, 2.05) is 13.8 Å². The smallest absolute Gasteiger partial charge is 0.327 e. The van der Waals surface area contributed by atoms with E-state index in [1.165, 1.54) is 29.8 Å². The molecule has 0 unspecified atom stereocenters. The zero-order chi connectivity index (χ0) is 14.0. The Hall–Kier alpha value is -1.56.